The highest BCUT2D eigenvalue weighted by Gasteiger charge is 2.09. The first-order valence-corrected chi connectivity index (χ1v) is 5.37. The highest BCUT2D eigenvalue weighted by atomic mass is 15.3. The number of aromatic nitrogens is 2. The zero-order chi connectivity index (χ0) is 10.6. The van der Waals surface area contributed by atoms with Gasteiger partial charge in [0.15, 0.2) is 0 Å². The SMILES string of the molecule is CC(C)C.Cc1cnn2c1NCCC2. The molecule has 0 atom stereocenters. The Morgan fingerprint density at radius 1 is 1.43 bits per heavy atom. The molecule has 0 aliphatic carbocycles. The van der Waals surface area contributed by atoms with E-state index in [1.165, 1.54) is 17.8 Å². The molecule has 1 aliphatic rings. The fourth-order valence-electron chi connectivity index (χ4n) is 1.31. The summed E-state index contributed by atoms with van der Waals surface area (Å²) in [5.74, 6) is 2.03. The minimum Gasteiger partial charge on any atom is -0.370 e. The predicted molar refractivity (Wildman–Crippen MR) is 60.6 cm³/mol. The third-order valence-corrected chi connectivity index (χ3v) is 1.86. The second kappa shape index (κ2) is 5.03. The lowest BCUT2D eigenvalue weighted by Crippen LogP contribution is -2.17. The average molecular weight is 195 g/mol. The first-order valence-electron chi connectivity index (χ1n) is 5.37. The number of anilines is 1. The van der Waals surface area contributed by atoms with Crippen LogP contribution in [0.2, 0.25) is 0 Å². The lowest BCUT2D eigenvalue weighted by atomic mass is 10.3. The molecule has 1 aliphatic heterocycles. The molecule has 1 N–H and O–H groups in total. The van der Waals surface area contributed by atoms with E-state index in [1.807, 2.05) is 10.9 Å². The Morgan fingerprint density at radius 2 is 2.07 bits per heavy atom. The zero-order valence-electron chi connectivity index (χ0n) is 9.67. The van der Waals surface area contributed by atoms with Crippen molar-refractivity contribution in [2.75, 3.05) is 11.9 Å². The largest absolute Gasteiger partial charge is 0.370 e. The van der Waals surface area contributed by atoms with Gasteiger partial charge in [-0.25, -0.2) is 4.68 Å². The molecular formula is C11H21N3. The molecule has 0 fully saturated rings. The van der Waals surface area contributed by atoms with Crippen molar-refractivity contribution in [2.45, 2.75) is 40.7 Å². The van der Waals surface area contributed by atoms with Gasteiger partial charge in [-0.2, -0.15) is 5.10 Å². The van der Waals surface area contributed by atoms with Crippen molar-refractivity contribution in [3.05, 3.63) is 11.8 Å². The molecule has 80 valence electrons. The highest BCUT2D eigenvalue weighted by molar-refractivity contribution is 5.43. The molecule has 0 amide bonds. The van der Waals surface area contributed by atoms with Gasteiger partial charge in [0.05, 0.1) is 6.20 Å². The molecule has 3 nitrogen and oxygen atoms in total. The Kier molecular flexibility index (Phi) is 3.98. The topological polar surface area (TPSA) is 29.9 Å². The first-order chi connectivity index (χ1) is 6.61. The molecule has 0 bridgehead atoms. The number of nitrogens with zero attached hydrogens (tertiary/aromatic N) is 2. The fourth-order valence-corrected chi connectivity index (χ4v) is 1.31. The Bertz CT molecular complexity index is 273. The molecule has 0 saturated carbocycles. The zero-order valence-corrected chi connectivity index (χ0v) is 9.67. The standard InChI is InChI=1S/C7H11N3.C4H10/c1-6-5-9-10-4-2-3-8-7(6)10;1-4(2)3/h5,8H,2-4H2,1H3;4H,1-3H3. The minimum absolute atomic E-state index is 0.833. The Balaban J connectivity index is 0.000000213. The summed E-state index contributed by atoms with van der Waals surface area (Å²) < 4.78 is 2.03. The summed E-state index contributed by atoms with van der Waals surface area (Å²) in [6, 6.07) is 0. The predicted octanol–water partition coefficient (Wildman–Crippen LogP) is 2.67. The van der Waals surface area contributed by atoms with E-state index in [4.69, 9.17) is 0 Å². The van der Waals surface area contributed by atoms with Gasteiger partial charge >= 0.3 is 0 Å². The number of rotatable bonds is 0. The lowest BCUT2D eigenvalue weighted by molar-refractivity contribution is 0.567. The van der Waals surface area contributed by atoms with Crippen LogP contribution in [0.1, 0.15) is 32.8 Å². The molecule has 2 heterocycles. The van der Waals surface area contributed by atoms with E-state index in [0.29, 0.717) is 0 Å². The van der Waals surface area contributed by atoms with E-state index in [2.05, 4.69) is 38.1 Å². The molecule has 2 rings (SSSR count). The average Bonchev–Trinajstić information content (AvgIpc) is 2.48. The molecule has 1 aromatic rings. The van der Waals surface area contributed by atoms with Gasteiger partial charge in [0.2, 0.25) is 0 Å². The quantitative estimate of drug-likeness (QED) is 0.689. The summed E-state index contributed by atoms with van der Waals surface area (Å²) in [4.78, 5) is 0. The third-order valence-electron chi connectivity index (χ3n) is 1.86. The van der Waals surface area contributed by atoms with Gasteiger partial charge in [-0.3, -0.25) is 0 Å². The second-order valence-electron chi connectivity index (χ2n) is 4.41. The summed E-state index contributed by atoms with van der Waals surface area (Å²) in [6.07, 6.45) is 3.10. The maximum Gasteiger partial charge on any atom is 0.127 e. The molecule has 0 saturated heterocycles. The van der Waals surface area contributed by atoms with Gasteiger partial charge in [-0.15, -0.1) is 0 Å². The summed E-state index contributed by atoms with van der Waals surface area (Å²) in [5.41, 5.74) is 1.25. The van der Waals surface area contributed by atoms with Crippen LogP contribution in [0, 0.1) is 12.8 Å². The van der Waals surface area contributed by atoms with E-state index in [1.54, 1.807) is 0 Å². The molecule has 0 aromatic carbocycles. The molecule has 0 radical (unpaired) electrons. The van der Waals surface area contributed by atoms with Crippen molar-refractivity contribution in [1.29, 1.82) is 0 Å². The van der Waals surface area contributed by atoms with Gasteiger partial charge in [0.25, 0.3) is 0 Å². The van der Waals surface area contributed by atoms with Crippen LogP contribution in [0.3, 0.4) is 0 Å². The summed E-state index contributed by atoms with van der Waals surface area (Å²) in [5, 5.41) is 7.52. The maximum absolute atomic E-state index is 4.21. The molecule has 14 heavy (non-hydrogen) atoms. The van der Waals surface area contributed by atoms with Crippen molar-refractivity contribution in [1.82, 2.24) is 9.78 Å². The van der Waals surface area contributed by atoms with Crippen molar-refractivity contribution >= 4 is 5.82 Å². The van der Waals surface area contributed by atoms with E-state index in [-0.39, 0.29) is 0 Å². The highest BCUT2D eigenvalue weighted by Crippen LogP contribution is 2.16. The van der Waals surface area contributed by atoms with Crippen LogP contribution in [0.4, 0.5) is 5.82 Å². The van der Waals surface area contributed by atoms with Crippen LogP contribution < -0.4 is 5.32 Å². The van der Waals surface area contributed by atoms with Crippen LogP contribution >= 0.6 is 0 Å². The number of nitrogens with one attached hydrogen (secondary N) is 1. The number of aryl methyl sites for hydroxylation is 2. The number of hydrogen-bond acceptors (Lipinski definition) is 2. The summed E-state index contributed by atoms with van der Waals surface area (Å²) >= 11 is 0. The van der Waals surface area contributed by atoms with Gasteiger partial charge < -0.3 is 5.32 Å². The lowest BCUT2D eigenvalue weighted by Gasteiger charge is -2.15. The van der Waals surface area contributed by atoms with Crippen molar-refractivity contribution < 1.29 is 0 Å². The van der Waals surface area contributed by atoms with Crippen LogP contribution in [0.5, 0.6) is 0 Å². The molecule has 3 heteroatoms. The number of fused-ring (bicyclic) bond motifs is 1. The molecular weight excluding hydrogens is 174 g/mol. The van der Waals surface area contributed by atoms with E-state index in [9.17, 15) is 0 Å². The van der Waals surface area contributed by atoms with E-state index >= 15 is 0 Å². The first kappa shape index (κ1) is 11.1. The smallest absolute Gasteiger partial charge is 0.127 e. The van der Waals surface area contributed by atoms with Gasteiger partial charge in [0.1, 0.15) is 5.82 Å². The van der Waals surface area contributed by atoms with Crippen molar-refractivity contribution in [2.24, 2.45) is 5.92 Å². The maximum atomic E-state index is 4.21. The molecule has 0 unspecified atom stereocenters. The Hall–Kier alpha value is -0.990. The normalized spacial score (nSPS) is 14.1. The fraction of sp³-hybridized carbons (Fsp3) is 0.727. The van der Waals surface area contributed by atoms with Crippen LogP contribution in [-0.2, 0) is 6.54 Å². The summed E-state index contributed by atoms with van der Waals surface area (Å²) in [7, 11) is 0. The Labute approximate surface area is 86.5 Å². The monoisotopic (exact) mass is 195 g/mol. The molecule has 0 spiro atoms. The van der Waals surface area contributed by atoms with Crippen LogP contribution in [0.25, 0.3) is 0 Å². The van der Waals surface area contributed by atoms with Crippen LogP contribution in [0.15, 0.2) is 6.20 Å². The van der Waals surface area contributed by atoms with Crippen molar-refractivity contribution in [3.8, 4) is 0 Å². The van der Waals surface area contributed by atoms with Crippen molar-refractivity contribution in [3.63, 3.8) is 0 Å². The third kappa shape index (κ3) is 3.05. The molecule has 1 aromatic heterocycles. The number of hydrogen-bond donors (Lipinski definition) is 1. The van der Waals surface area contributed by atoms with Gasteiger partial charge in [-0.05, 0) is 19.3 Å². The Morgan fingerprint density at radius 3 is 2.64 bits per heavy atom. The van der Waals surface area contributed by atoms with Gasteiger partial charge in [0, 0.05) is 18.7 Å². The van der Waals surface area contributed by atoms with Crippen LogP contribution in [-0.4, -0.2) is 16.3 Å². The summed E-state index contributed by atoms with van der Waals surface area (Å²) in [6.45, 7) is 10.7. The minimum atomic E-state index is 0.833. The van der Waals surface area contributed by atoms with Gasteiger partial charge in [-0.1, -0.05) is 20.8 Å². The van der Waals surface area contributed by atoms with E-state index in [0.717, 1.165) is 19.0 Å². The second-order valence-corrected chi connectivity index (χ2v) is 4.41. The van der Waals surface area contributed by atoms with E-state index < -0.39 is 0 Å².